The van der Waals surface area contributed by atoms with Gasteiger partial charge in [0.2, 0.25) is 0 Å². The molecule has 1 spiro atoms. The van der Waals surface area contributed by atoms with Crippen molar-refractivity contribution in [3.05, 3.63) is 247 Å². The Morgan fingerprint density at radius 3 is 1.83 bits per heavy atom. The number of hydrogen-bond acceptors (Lipinski definition) is 8. The Kier molecular flexibility index (Phi) is 8.64. The molecule has 0 bridgehead atoms. The number of aromatic nitrogens is 6. The van der Waals surface area contributed by atoms with Gasteiger partial charge in [-0.1, -0.05) is 163 Å². The molecule has 0 N–H and O–H groups in total. The molecule has 6 heterocycles. The highest BCUT2D eigenvalue weighted by Crippen LogP contribution is 2.65. The molecule has 8 nitrogen and oxygen atoms in total. The van der Waals surface area contributed by atoms with Crippen LogP contribution in [0.4, 0.5) is 17.1 Å². The molecule has 3 aliphatic rings. The van der Waals surface area contributed by atoms with Crippen LogP contribution in [0, 0.1) is 0 Å². The fourth-order valence-electron chi connectivity index (χ4n) is 11.2. The molecule has 0 amide bonds. The van der Waals surface area contributed by atoms with E-state index in [0.29, 0.717) is 23.2 Å². The molecule has 8 aromatic carbocycles. The molecule has 332 valence electrons. The molecule has 9 heteroatoms. The molecule has 1 unspecified atom stereocenters. The van der Waals surface area contributed by atoms with E-state index in [-0.39, 0.29) is 0 Å². The van der Waals surface area contributed by atoms with E-state index in [9.17, 15) is 0 Å². The van der Waals surface area contributed by atoms with Crippen LogP contribution in [0.2, 0.25) is 0 Å². The van der Waals surface area contributed by atoms with Crippen molar-refractivity contribution in [3.8, 4) is 62.9 Å². The normalized spacial score (nSPS) is 14.8. The highest BCUT2D eigenvalue weighted by atomic mass is 32.2. The monoisotopic (exact) mass is 927 g/mol. The summed E-state index contributed by atoms with van der Waals surface area (Å²) in [4.78, 5) is 30.3. The van der Waals surface area contributed by atoms with E-state index < -0.39 is 5.41 Å². The Morgan fingerprint density at radius 2 is 1.06 bits per heavy atom. The Hall–Kier alpha value is -9.18. The predicted octanol–water partition coefficient (Wildman–Crippen LogP) is 15.2. The predicted molar refractivity (Wildman–Crippen MR) is 282 cm³/mol. The number of nitrogens with zero attached hydrogens (tertiary/aromatic N) is 7. The number of hydrogen-bond donors (Lipinski definition) is 0. The van der Waals surface area contributed by atoms with Crippen LogP contribution in [0.15, 0.2) is 234 Å². The van der Waals surface area contributed by atoms with Gasteiger partial charge in [-0.3, -0.25) is 4.98 Å². The van der Waals surface area contributed by atoms with Gasteiger partial charge in [0, 0.05) is 55.5 Å². The molecular weight excluding hydrogens is 891 g/mol. The van der Waals surface area contributed by atoms with Crippen molar-refractivity contribution in [2.24, 2.45) is 0 Å². The largest absolute Gasteiger partial charge is 0.455 e. The van der Waals surface area contributed by atoms with Crippen molar-refractivity contribution >= 4 is 50.6 Å². The molecule has 2 aliphatic heterocycles. The van der Waals surface area contributed by atoms with Crippen LogP contribution in [0.25, 0.3) is 73.2 Å². The summed E-state index contributed by atoms with van der Waals surface area (Å²) in [5.74, 6) is 3.24. The quantitative estimate of drug-likeness (QED) is 0.169. The zero-order valence-electron chi connectivity index (χ0n) is 37.8. The summed E-state index contributed by atoms with van der Waals surface area (Å²) >= 11 is 1.75. The van der Waals surface area contributed by atoms with E-state index in [1.165, 1.54) is 21.8 Å². The first kappa shape index (κ1) is 39.8. The van der Waals surface area contributed by atoms with E-state index >= 15 is 0 Å². The number of pyridine rings is 2. The maximum atomic E-state index is 7.25. The smallest absolute Gasteiger partial charge is 0.182 e. The van der Waals surface area contributed by atoms with Gasteiger partial charge in [-0.2, -0.15) is 0 Å². The molecule has 0 saturated heterocycles. The van der Waals surface area contributed by atoms with Gasteiger partial charge in [0.05, 0.1) is 44.1 Å². The first-order valence-electron chi connectivity index (χ1n) is 23.7. The van der Waals surface area contributed by atoms with E-state index in [2.05, 4.69) is 161 Å². The molecule has 0 fully saturated rings. The third kappa shape index (κ3) is 5.84. The highest BCUT2D eigenvalue weighted by molar-refractivity contribution is 7.99. The van der Waals surface area contributed by atoms with Crippen LogP contribution in [0.1, 0.15) is 22.3 Å². The Labute approximate surface area is 412 Å². The Morgan fingerprint density at radius 1 is 0.437 bits per heavy atom. The molecule has 1 atom stereocenters. The number of fused-ring (bicyclic) bond motifs is 15. The minimum Gasteiger partial charge on any atom is -0.455 e. The summed E-state index contributed by atoms with van der Waals surface area (Å²) < 4.78 is 9.63. The SMILES string of the molecule is c1ccc(-c2nc(-c3ccccc3)nc(-c3ccc4c(n3)-c3ncccc3C43c4ccccc4Oc4c3ccc3c4Sc4ccccc4N3c3cccc(-n4c5ccccc5c5ccccc54)c3)n2)cc1. The third-order valence-corrected chi connectivity index (χ3v) is 15.3. The lowest BCUT2D eigenvalue weighted by Gasteiger charge is -2.41. The zero-order valence-corrected chi connectivity index (χ0v) is 38.6. The lowest BCUT2D eigenvalue weighted by Crippen LogP contribution is -2.33. The van der Waals surface area contributed by atoms with Gasteiger partial charge >= 0.3 is 0 Å². The van der Waals surface area contributed by atoms with Crippen molar-refractivity contribution in [2.75, 3.05) is 4.90 Å². The van der Waals surface area contributed by atoms with Crippen LogP contribution < -0.4 is 9.64 Å². The van der Waals surface area contributed by atoms with Gasteiger partial charge in [0.1, 0.15) is 17.2 Å². The lowest BCUT2D eigenvalue weighted by atomic mass is 9.66. The number of benzene rings is 8. The van der Waals surface area contributed by atoms with Crippen molar-refractivity contribution in [3.63, 3.8) is 0 Å². The van der Waals surface area contributed by atoms with Gasteiger partial charge in [-0.25, -0.2) is 19.9 Å². The van der Waals surface area contributed by atoms with Gasteiger partial charge in [-0.15, -0.1) is 0 Å². The van der Waals surface area contributed by atoms with Gasteiger partial charge in [0.15, 0.2) is 17.5 Å². The fraction of sp³-hybridized carbons (Fsp3) is 0.0161. The van der Waals surface area contributed by atoms with Crippen molar-refractivity contribution in [2.45, 2.75) is 15.2 Å². The summed E-state index contributed by atoms with van der Waals surface area (Å²) in [5, 5.41) is 2.46. The summed E-state index contributed by atoms with van der Waals surface area (Å²) in [6.07, 6.45) is 1.86. The zero-order chi connectivity index (χ0) is 46.6. The van der Waals surface area contributed by atoms with E-state index in [1.54, 1.807) is 11.8 Å². The van der Waals surface area contributed by atoms with Crippen LogP contribution in [-0.2, 0) is 5.41 Å². The maximum Gasteiger partial charge on any atom is 0.182 e. The standard InChI is InChI=1S/C62H37N7OS/c1-3-17-38(18-4-1)59-65-60(39-19-5-2-6-20-39)67-61(66-59)48-34-32-46-56(64-48)55-45(26-16-36-63-55)62(46)44-25-9-13-30-53(44)70-57-47(62)33-35-52-58(57)71-54-31-14-12-29-51(54)69(52)41-22-15-21-40(37-41)68-49-27-10-7-23-42(49)43-24-8-11-28-50(43)68/h1-37H. The van der Waals surface area contributed by atoms with E-state index in [1.807, 2.05) is 72.9 Å². The summed E-state index contributed by atoms with van der Waals surface area (Å²) in [6, 6.07) is 76.4. The van der Waals surface area contributed by atoms with Gasteiger partial charge in [-0.05, 0) is 77.9 Å². The van der Waals surface area contributed by atoms with E-state index in [0.717, 1.165) is 88.8 Å². The molecule has 15 rings (SSSR count). The Balaban J connectivity index is 0.927. The fourth-order valence-corrected chi connectivity index (χ4v) is 12.3. The lowest BCUT2D eigenvalue weighted by molar-refractivity contribution is 0.426. The van der Waals surface area contributed by atoms with Crippen molar-refractivity contribution in [1.82, 2.24) is 29.5 Å². The Bertz CT molecular complexity index is 4050. The summed E-state index contributed by atoms with van der Waals surface area (Å²) in [6.45, 7) is 0. The molecule has 0 radical (unpaired) electrons. The minimum atomic E-state index is -0.814. The topological polar surface area (TPSA) is 81.9 Å². The van der Waals surface area contributed by atoms with Crippen molar-refractivity contribution < 1.29 is 4.74 Å². The van der Waals surface area contributed by atoms with Crippen LogP contribution >= 0.6 is 11.8 Å². The van der Waals surface area contributed by atoms with Crippen molar-refractivity contribution in [1.29, 1.82) is 0 Å². The molecule has 0 saturated carbocycles. The van der Waals surface area contributed by atoms with E-state index in [4.69, 9.17) is 29.7 Å². The molecule has 12 aromatic rings. The second kappa shape index (κ2) is 15.4. The first-order valence-corrected chi connectivity index (χ1v) is 24.5. The number of anilines is 3. The highest BCUT2D eigenvalue weighted by Gasteiger charge is 2.53. The van der Waals surface area contributed by atoms with Crippen LogP contribution in [0.3, 0.4) is 0 Å². The average molecular weight is 928 g/mol. The maximum absolute atomic E-state index is 7.25. The molecule has 71 heavy (non-hydrogen) atoms. The average Bonchev–Trinajstić information content (AvgIpc) is 3.93. The van der Waals surface area contributed by atoms with Crippen LogP contribution in [0.5, 0.6) is 11.5 Å². The summed E-state index contributed by atoms with van der Waals surface area (Å²) in [7, 11) is 0. The van der Waals surface area contributed by atoms with Gasteiger partial charge in [0.25, 0.3) is 0 Å². The third-order valence-electron chi connectivity index (χ3n) is 14.1. The number of para-hydroxylation sites is 4. The second-order valence-corrected chi connectivity index (χ2v) is 19.0. The molecular formula is C62H37N7OS. The van der Waals surface area contributed by atoms with Gasteiger partial charge < -0.3 is 14.2 Å². The molecule has 4 aromatic heterocycles. The number of ether oxygens (including phenoxy) is 1. The minimum absolute atomic E-state index is 0.484. The van der Waals surface area contributed by atoms with Crippen LogP contribution in [-0.4, -0.2) is 29.5 Å². The number of rotatable bonds is 5. The molecule has 1 aliphatic carbocycles. The first-order chi connectivity index (χ1) is 35.2. The second-order valence-electron chi connectivity index (χ2n) is 18.0. The summed E-state index contributed by atoms with van der Waals surface area (Å²) in [5.41, 5.74) is 13.9.